The molecule has 0 radical (unpaired) electrons. The number of carbonyl (C=O) groups is 2. The van der Waals surface area contributed by atoms with E-state index in [2.05, 4.69) is 6.58 Å². The van der Waals surface area contributed by atoms with Gasteiger partial charge in [0.2, 0.25) is 0 Å². The number of carboxylic acid groups (broad SMARTS) is 2. The highest BCUT2D eigenvalue weighted by molar-refractivity contribution is 8.00. The molecule has 7 nitrogen and oxygen atoms in total. The van der Waals surface area contributed by atoms with Crippen LogP contribution < -0.4 is 5.73 Å². The van der Waals surface area contributed by atoms with Crippen molar-refractivity contribution in [3.63, 3.8) is 0 Å². The molecular weight excluding hydrogens is 286 g/mol. The van der Waals surface area contributed by atoms with E-state index in [1.54, 1.807) is 0 Å². The van der Waals surface area contributed by atoms with Gasteiger partial charge in [-0.1, -0.05) is 12.7 Å². The smallest absolute Gasteiger partial charge is 0.334 e. The van der Waals surface area contributed by atoms with Crippen LogP contribution in [0.5, 0.6) is 0 Å². The van der Waals surface area contributed by atoms with Gasteiger partial charge >= 0.3 is 11.9 Å². The molecule has 1 rings (SSSR count). The molecule has 0 fully saturated rings. The minimum atomic E-state index is -1.84. The van der Waals surface area contributed by atoms with E-state index in [1.165, 1.54) is 12.2 Å². The molecule has 112 valence electrons. The number of aliphatic carboxylic acids is 2. The zero-order chi connectivity index (χ0) is 15.5. The fourth-order valence-corrected chi connectivity index (χ4v) is 3.19. The van der Waals surface area contributed by atoms with Crippen molar-refractivity contribution in [2.75, 3.05) is 5.75 Å². The Morgan fingerprint density at radius 1 is 1.50 bits per heavy atom. The molecule has 1 aliphatic rings. The molecule has 0 aromatic carbocycles. The average Bonchev–Trinajstić information content (AvgIpc) is 2.38. The lowest BCUT2D eigenvalue weighted by Gasteiger charge is -2.37. The maximum Gasteiger partial charge on any atom is 0.334 e. The van der Waals surface area contributed by atoms with E-state index in [4.69, 9.17) is 15.9 Å². The van der Waals surface area contributed by atoms with Gasteiger partial charge in [0.05, 0.1) is 11.7 Å². The third-order valence-corrected chi connectivity index (χ3v) is 4.56. The minimum absolute atomic E-state index is 0.0181. The van der Waals surface area contributed by atoms with Gasteiger partial charge in [0.15, 0.2) is 0 Å². The van der Waals surface area contributed by atoms with Gasteiger partial charge in [0.25, 0.3) is 0 Å². The summed E-state index contributed by atoms with van der Waals surface area (Å²) < 4.78 is 0. The average molecular weight is 303 g/mol. The van der Waals surface area contributed by atoms with Crippen LogP contribution in [0, 0.1) is 0 Å². The van der Waals surface area contributed by atoms with E-state index < -0.39 is 40.5 Å². The third-order valence-electron chi connectivity index (χ3n) is 3.05. The van der Waals surface area contributed by atoms with Crippen molar-refractivity contribution in [1.29, 1.82) is 0 Å². The van der Waals surface area contributed by atoms with Crippen LogP contribution in [-0.4, -0.2) is 61.1 Å². The second-order valence-electron chi connectivity index (χ2n) is 4.54. The molecule has 20 heavy (non-hydrogen) atoms. The number of aliphatic hydroxyl groups is 2. The van der Waals surface area contributed by atoms with Crippen molar-refractivity contribution in [2.45, 2.75) is 29.4 Å². The maximum absolute atomic E-state index is 11.0. The molecule has 0 amide bonds. The molecular formula is C12H17NO6S. The quantitative estimate of drug-likeness (QED) is 0.317. The van der Waals surface area contributed by atoms with Crippen LogP contribution in [0.1, 0.15) is 6.42 Å². The van der Waals surface area contributed by atoms with E-state index in [9.17, 15) is 19.8 Å². The molecule has 6 N–H and O–H groups in total. The summed E-state index contributed by atoms with van der Waals surface area (Å²) in [6, 6.07) is -1.13. The number of thioether (sulfide) groups is 1. The molecule has 4 atom stereocenters. The number of carboxylic acids is 2. The van der Waals surface area contributed by atoms with Crippen LogP contribution >= 0.6 is 11.8 Å². The number of nitrogens with two attached hydrogens (primary N) is 1. The van der Waals surface area contributed by atoms with E-state index in [0.717, 1.165) is 11.8 Å². The Morgan fingerprint density at radius 3 is 2.60 bits per heavy atom. The van der Waals surface area contributed by atoms with Gasteiger partial charge in [-0.2, -0.15) is 11.8 Å². The lowest BCUT2D eigenvalue weighted by Crippen LogP contribution is -2.47. The monoisotopic (exact) mass is 303 g/mol. The van der Waals surface area contributed by atoms with Crippen molar-refractivity contribution < 1.29 is 30.0 Å². The van der Waals surface area contributed by atoms with Crippen LogP contribution in [0.2, 0.25) is 0 Å². The van der Waals surface area contributed by atoms with E-state index >= 15 is 0 Å². The summed E-state index contributed by atoms with van der Waals surface area (Å²) in [5, 5.41) is 37.0. The van der Waals surface area contributed by atoms with Gasteiger partial charge in [-0.3, -0.25) is 4.79 Å². The van der Waals surface area contributed by atoms with Gasteiger partial charge < -0.3 is 26.2 Å². The third kappa shape index (κ3) is 3.60. The highest BCUT2D eigenvalue weighted by Gasteiger charge is 2.43. The number of hydrogen-bond donors (Lipinski definition) is 5. The topological polar surface area (TPSA) is 141 Å². The first-order valence-electron chi connectivity index (χ1n) is 5.81. The Bertz CT molecular complexity index is 451. The van der Waals surface area contributed by atoms with Gasteiger partial charge in [0, 0.05) is 11.0 Å². The zero-order valence-electron chi connectivity index (χ0n) is 10.6. The van der Waals surface area contributed by atoms with Crippen LogP contribution in [0.25, 0.3) is 0 Å². The molecule has 1 aliphatic carbocycles. The predicted octanol–water partition coefficient (Wildman–Crippen LogP) is -0.807. The Morgan fingerprint density at radius 2 is 2.10 bits per heavy atom. The Kier molecular flexibility index (Phi) is 5.35. The Hall–Kier alpha value is -1.35. The van der Waals surface area contributed by atoms with Crippen molar-refractivity contribution in [3.05, 3.63) is 24.3 Å². The first-order valence-corrected chi connectivity index (χ1v) is 6.85. The minimum Gasteiger partial charge on any atom is -0.480 e. The van der Waals surface area contributed by atoms with Crippen LogP contribution in [0.15, 0.2) is 24.3 Å². The molecule has 0 aromatic rings. The standard InChI is InChI=1S/C12H17NO6S/c1-6(10(15)16)12(19)3-2-7(14)4-9(12)20-5-8(13)11(17)18/h2-3,7-9,14,19H,1,4-5,13H2,(H,15,16)(H,17,18). The first kappa shape index (κ1) is 16.7. The summed E-state index contributed by atoms with van der Waals surface area (Å²) in [4.78, 5) is 21.7. The molecule has 0 spiro atoms. The molecule has 0 bridgehead atoms. The summed E-state index contributed by atoms with van der Waals surface area (Å²) >= 11 is 0.999. The SMILES string of the molecule is C=C(C(=O)O)C1(O)C=CC(O)CC1SCC(N)C(=O)O. The lowest BCUT2D eigenvalue weighted by molar-refractivity contribution is -0.138. The van der Waals surface area contributed by atoms with Crippen LogP contribution in [0.4, 0.5) is 0 Å². The molecule has 0 saturated carbocycles. The summed E-state index contributed by atoms with van der Waals surface area (Å²) in [5.41, 5.74) is 3.10. The number of rotatable bonds is 6. The summed E-state index contributed by atoms with van der Waals surface area (Å²) in [7, 11) is 0. The van der Waals surface area contributed by atoms with Crippen LogP contribution in [-0.2, 0) is 9.59 Å². The van der Waals surface area contributed by atoms with Crippen LogP contribution in [0.3, 0.4) is 0 Å². The highest BCUT2D eigenvalue weighted by Crippen LogP contribution is 2.37. The lowest BCUT2D eigenvalue weighted by atomic mass is 9.83. The van der Waals surface area contributed by atoms with Gasteiger partial charge in [-0.05, 0) is 12.5 Å². The second-order valence-corrected chi connectivity index (χ2v) is 5.77. The first-order chi connectivity index (χ1) is 9.18. The fourth-order valence-electron chi connectivity index (χ4n) is 1.80. The van der Waals surface area contributed by atoms with Crippen molar-refractivity contribution in [3.8, 4) is 0 Å². The van der Waals surface area contributed by atoms with E-state index in [-0.39, 0.29) is 12.2 Å². The molecule has 0 saturated heterocycles. The zero-order valence-corrected chi connectivity index (χ0v) is 11.4. The predicted molar refractivity (Wildman–Crippen MR) is 73.3 cm³/mol. The molecule has 0 heterocycles. The number of hydrogen-bond acceptors (Lipinski definition) is 6. The van der Waals surface area contributed by atoms with Crippen molar-refractivity contribution in [1.82, 2.24) is 0 Å². The molecule has 8 heteroatoms. The van der Waals surface area contributed by atoms with Gasteiger partial charge in [0.1, 0.15) is 11.6 Å². The Labute approximate surface area is 119 Å². The number of aliphatic hydroxyl groups excluding tert-OH is 1. The highest BCUT2D eigenvalue weighted by atomic mass is 32.2. The Balaban J connectivity index is 2.89. The van der Waals surface area contributed by atoms with E-state index in [1.807, 2.05) is 0 Å². The van der Waals surface area contributed by atoms with Crippen molar-refractivity contribution in [2.24, 2.45) is 5.73 Å². The normalized spacial score (nSPS) is 30.8. The van der Waals surface area contributed by atoms with Gasteiger partial charge in [-0.25, -0.2) is 4.79 Å². The second kappa shape index (κ2) is 6.40. The summed E-state index contributed by atoms with van der Waals surface area (Å²) in [6.45, 7) is 3.34. The van der Waals surface area contributed by atoms with Crippen molar-refractivity contribution >= 4 is 23.7 Å². The largest absolute Gasteiger partial charge is 0.480 e. The van der Waals surface area contributed by atoms with E-state index in [0.29, 0.717) is 0 Å². The summed E-state index contributed by atoms with van der Waals surface area (Å²) in [5.74, 6) is -2.57. The summed E-state index contributed by atoms with van der Waals surface area (Å²) in [6.07, 6.45) is 1.72. The fraction of sp³-hybridized carbons (Fsp3) is 0.500. The molecule has 0 aromatic heterocycles. The molecule has 4 unspecified atom stereocenters. The van der Waals surface area contributed by atoms with Gasteiger partial charge in [-0.15, -0.1) is 0 Å². The maximum atomic E-state index is 11.0. The molecule has 0 aliphatic heterocycles.